The van der Waals surface area contributed by atoms with Gasteiger partial charge < -0.3 is 20.4 Å². The van der Waals surface area contributed by atoms with Crippen LogP contribution in [0.5, 0.6) is 0 Å². The Kier molecular flexibility index (Phi) is 10.9. The van der Waals surface area contributed by atoms with E-state index < -0.39 is 0 Å². The van der Waals surface area contributed by atoms with Crippen LogP contribution in [-0.4, -0.2) is 73.8 Å². The topological polar surface area (TPSA) is 72.9 Å². The normalized spacial score (nSPS) is 15.9. The molecule has 1 saturated heterocycles. The molecule has 168 valence electrons. The number of amides is 1. The molecular weight excluding hydrogens is 523 g/mol. The summed E-state index contributed by atoms with van der Waals surface area (Å²) < 4.78 is 0. The molecule has 0 saturated carbocycles. The van der Waals surface area contributed by atoms with Crippen LogP contribution in [0.1, 0.15) is 6.42 Å². The molecule has 1 amide bonds. The van der Waals surface area contributed by atoms with Crippen molar-refractivity contribution >= 4 is 53.4 Å². The van der Waals surface area contributed by atoms with Crippen LogP contribution in [-0.2, 0) is 4.79 Å². The quantitative estimate of drug-likeness (QED) is 0.172. The third kappa shape index (κ3) is 8.56. The monoisotopic (exact) mass is 554 g/mol. The summed E-state index contributed by atoms with van der Waals surface area (Å²) in [5.41, 5.74) is 0. The van der Waals surface area contributed by atoms with E-state index in [1.807, 2.05) is 42.6 Å². The Morgan fingerprint density at radius 3 is 2.71 bits per heavy atom. The SMILES string of the molecule is CN(C)C(=O)CN=C(NCCSc1ccccc1)NC1CCN(c2ccccn2)C1.I. The molecule has 2 N–H and O–H groups in total. The number of pyridine rings is 1. The number of hydrogen-bond acceptors (Lipinski definition) is 5. The van der Waals surface area contributed by atoms with Gasteiger partial charge in [0.2, 0.25) is 5.91 Å². The number of halogens is 1. The highest BCUT2D eigenvalue weighted by atomic mass is 127. The molecule has 2 heterocycles. The number of benzene rings is 1. The second-order valence-electron chi connectivity index (χ2n) is 7.31. The average Bonchev–Trinajstić information content (AvgIpc) is 3.24. The molecule has 7 nitrogen and oxygen atoms in total. The van der Waals surface area contributed by atoms with Crippen molar-refractivity contribution < 1.29 is 4.79 Å². The number of thioether (sulfide) groups is 1. The lowest BCUT2D eigenvalue weighted by atomic mass is 10.3. The summed E-state index contributed by atoms with van der Waals surface area (Å²) >= 11 is 1.80. The number of aromatic nitrogens is 1. The highest BCUT2D eigenvalue weighted by molar-refractivity contribution is 14.0. The summed E-state index contributed by atoms with van der Waals surface area (Å²) in [5.74, 6) is 2.58. The second-order valence-corrected chi connectivity index (χ2v) is 8.47. The number of carbonyl (C=O) groups excluding carboxylic acids is 1. The molecule has 1 aliphatic heterocycles. The van der Waals surface area contributed by atoms with Gasteiger partial charge in [-0.2, -0.15) is 0 Å². The number of guanidine groups is 1. The van der Waals surface area contributed by atoms with Crippen molar-refractivity contribution in [1.29, 1.82) is 0 Å². The van der Waals surface area contributed by atoms with Gasteiger partial charge in [0.1, 0.15) is 12.4 Å². The van der Waals surface area contributed by atoms with Crippen LogP contribution >= 0.6 is 35.7 Å². The molecule has 1 atom stereocenters. The highest BCUT2D eigenvalue weighted by Crippen LogP contribution is 2.17. The van der Waals surface area contributed by atoms with Gasteiger partial charge in [-0.05, 0) is 30.7 Å². The van der Waals surface area contributed by atoms with Crippen LogP contribution in [0.3, 0.4) is 0 Å². The Morgan fingerprint density at radius 1 is 1.23 bits per heavy atom. The van der Waals surface area contributed by atoms with Gasteiger partial charge in [0, 0.05) is 56.6 Å². The van der Waals surface area contributed by atoms with Crippen molar-refractivity contribution in [2.24, 2.45) is 4.99 Å². The fourth-order valence-corrected chi connectivity index (χ4v) is 3.91. The van der Waals surface area contributed by atoms with Crippen molar-refractivity contribution in [3.05, 3.63) is 54.7 Å². The number of anilines is 1. The van der Waals surface area contributed by atoms with Gasteiger partial charge in [-0.15, -0.1) is 35.7 Å². The lowest BCUT2D eigenvalue weighted by Gasteiger charge is -2.20. The van der Waals surface area contributed by atoms with E-state index in [0.717, 1.165) is 37.6 Å². The molecule has 0 radical (unpaired) electrons. The fraction of sp³-hybridized carbons (Fsp3) is 0.409. The van der Waals surface area contributed by atoms with Crippen molar-refractivity contribution in [2.45, 2.75) is 17.4 Å². The van der Waals surface area contributed by atoms with Gasteiger partial charge in [0.05, 0.1) is 0 Å². The van der Waals surface area contributed by atoms with Crippen LogP contribution in [0, 0.1) is 0 Å². The fourth-order valence-electron chi connectivity index (χ4n) is 3.12. The van der Waals surface area contributed by atoms with Gasteiger partial charge >= 0.3 is 0 Å². The van der Waals surface area contributed by atoms with Crippen molar-refractivity contribution in [3.8, 4) is 0 Å². The maximum absolute atomic E-state index is 12.0. The van der Waals surface area contributed by atoms with Gasteiger partial charge in [0.15, 0.2) is 5.96 Å². The maximum atomic E-state index is 12.0. The van der Waals surface area contributed by atoms with Crippen LogP contribution in [0.15, 0.2) is 64.6 Å². The first kappa shape index (κ1) is 25.3. The number of carbonyl (C=O) groups is 1. The van der Waals surface area contributed by atoms with Crippen LogP contribution in [0.25, 0.3) is 0 Å². The van der Waals surface area contributed by atoms with E-state index in [1.165, 1.54) is 4.90 Å². The predicted molar refractivity (Wildman–Crippen MR) is 140 cm³/mol. The maximum Gasteiger partial charge on any atom is 0.243 e. The zero-order chi connectivity index (χ0) is 21.2. The Hall–Kier alpha value is -2.01. The Morgan fingerprint density at radius 2 is 2.00 bits per heavy atom. The van der Waals surface area contributed by atoms with Gasteiger partial charge in [0.25, 0.3) is 0 Å². The van der Waals surface area contributed by atoms with Crippen LogP contribution < -0.4 is 15.5 Å². The number of aliphatic imine (C=N–C) groups is 1. The summed E-state index contributed by atoms with van der Waals surface area (Å²) in [4.78, 5) is 26.0. The molecule has 1 unspecified atom stereocenters. The van der Waals surface area contributed by atoms with Crippen LogP contribution in [0.2, 0.25) is 0 Å². The van der Waals surface area contributed by atoms with Crippen molar-refractivity contribution in [1.82, 2.24) is 20.5 Å². The molecule has 1 fully saturated rings. The minimum atomic E-state index is -0.0173. The Balaban J connectivity index is 0.00000341. The highest BCUT2D eigenvalue weighted by Gasteiger charge is 2.24. The van der Waals surface area contributed by atoms with E-state index in [0.29, 0.717) is 5.96 Å². The first-order chi connectivity index (χ1) is 14.6. The lowest BCUT2D eigenvalue weighted by Crippen LogP contribution is -2.45. The summed E-state index contributed by atoms with van der Waals surface area (Å²) in [5, 5.41) is 6.88. The summed E-state index contributed by atoms with van der Waals surface area (Å²) in [7, 11) is 3.49. The zero-order valence-electron chi connectivity index (χ0n) is 18.0. The minimum Gasteiger partial charge on any atom is -0.356 e. The number of nitrogens with one attached hydrogen (secondary N) is 2. The molecule has 0 aliphatic carbocycles. The minimum absolute atomic E-state index is 0. The van der Waals surface area contributed by atoms with E-state index in [2.05, 4.69) is 37.6 Å². The number of hydrogen-bond donors (Lipinski definition) is 2. The number of rotatable bonds is 8. The predicted octanol–water partition coefficient (Wildman–Crippen LogP) is 2.69. The Bertz CT molecular complexity index is 821. The molecule has 9 heteroatoms. The zero-order valence-corrected chi connectivity index (χ0v) is 21.2. The number of nitrogens with zero attached hydrogens (tertiary/aromatic N) is 4. The summed E-state index contributed by atoms with van der Waals surface area (Å²) in [6.07, 6.45) is 2.82. The molecule has 0 spiro atoms. The van der Waals surface area contributed by atoms with Crippen LogP contribution in [0.4, 0.5) is 5.82 Å². The standard InChI is InChI=1S/C22H30N6OS.HI/c1-27(2)21(29)16-25-22(24-13-15-30-19-8-4-3-5-9-19)26-18-11-14-28(17-18)20-10-6-7-12-23-20;/h3-10,12,18H,11,13-17H2,1-2H3,(H2,24,25,26);1H. The molecule has 2 aromatic rings. The van der Waals surface area contributed by atoms with E-state index in [-0.39, 0.29) is 42.5 Å². The first-order valence-electron chi connectivity index (χ1n) is 10.2. The lowest BCUT2D eigenvalue weighted by molar-refractivity contribution is -0.127. The third-order valence-corrected chi connectivity index (χ3v) is 5.79. The van der Waals surface area contributed by atoms with E-state index >= 15 is 0 Å². The summed E-state index contributed by atoms with van der Waals surface area (Å²) in [6, 6.07) is 16.6. The van der Waals surface area contributed by atoms with E-state index in [9.17, 15) is 4.79 Å². The molecule has 1 aromatic carbocycles. The summed E-state index contributed by atoms with van der Waals surface area (Å²) in [6.45, 7) is 2.70. The number of likely N-dealkylation sites (N-methyl/N-ethyl adjacent to an activating group) is 1. The molecule has 1 aromatic heterocycles. The van der Waals surface area contributed by atoms with Gasteiger partial charge in [-0.1, -0.05) is 24.3 Å². The first-order valence-corrected chi connectivity index (χ1v) is 11.2. The molecule has 3 rings (SSSR count). The van der Waals surface area contributed by atoms with E-state index in [1.54, 1.807) is 30.8 Å². The third-order valence-electron chi connectivity index (χ3n) is 4.78. The largest absolute Gasteiger partial charge is 0.356 e. The Labute approximate surface area is 206 Å². The molecular formula is C22H31IN6OS. The molecule has 1 aliphatic rings. The van der Waals surface area contributed by atoms with Crippen molar-refractivity contribution in [3.63, 3.8) is 0 Å². The van der Waals surface area contributed by atoms with E-state index in [4.69, 9.17) is 0 Å². The van der Waals surface area contributed by atoms with Gasteiger partial charge in [-0.25, -0.2) is 9.98 Å². The molecule has 31 heavy (non-hydrogen) atoms. The second kappa shape index (κ2) is 13.4. The molecule has 0 bridgehead atoms. The van der Waals surface area contributed by atoms with Gasteiger partial charge in [-0.3, -0.25) is 4.79 Å². The average molecular weight is 555 g/mol. The van der Waals surface area contributed by atoms with Crippen molar-refractivity contribution in [2.75, 3.05) is 50.9 Å². The smallest absolute Gasteiger partial charge is 0.243 e.